The Morgan fingerprint density at radius 3 is 2.55 bits per heavy atom. The number of carbonyl (C=O) groups excluding carboxylic acids is 1. The predicted octanol–water partition coefficient (Wildman–Crippen LogP) is 1.34. The molecule has 1 aromatic rings. The molecule has 1 aliphatic rings. The molecule has 22 heavy (non-hydrogen) atoms. The lowest BCUT2D eigenvalue weighted by molar-refractivity contribution is 0.199. The van der Waals surface area contributed by atoms with Crippen LogP contribution in [0.15, 0.2) is 0 Å². The fraction of sp³-hybridized carbons (Fsp3) is 0.800. The largest absolute Gasteiger partial charge is 0.331 e. The predicted molar refractivity (Wildman–Crippen MR) is 85.6 cm³/mol. The SMILES string of the molecule is CN(CCN(C)C1CC1)C(=O)NCc1nc(C(C)(C)C)n[nH]1. The van der Waals surface area contributed by atoms with Gasteiger partial charge in [-0.05, 0) is 19.9 Å². The fourth-order valence-corrected chi connectivity index (χ4v) is 2.11. The van der Waals surface area contributed by atoms with E-state index in [1.165, 1.54) is 12.8 Å². The average Bonchev–Trinajstić information content (AvgIpc) is 3.18. The molecule has 1 saturated carbocycles. The number of nitrogens with one attached hydrogen (secondary N) is 2. The average molecular weight is 308 g/mol. The highest BCUT2D eigenvalue weighted by molar-refractivity contribution is 5.73. The van der Waals surface area contributed by atoms with Crippen molar-refractivity contribution < 1.29 is 4.79 Å². The van der Waals surface area contributed by atoms with Crippen molar-refractivity contribution in [2.45, 2.75) is 51.6 Å². The highest BCUT2D eigenvalue weighted by Crippen LogP contribution is 2.24. The first-order valence-electron chi connectivity index (χ1n) is 7.88. The van der Waals surface area contributed by atoms with Gasteiger partial charge in [-0.25, -0.2) is 9.78 Å². The lowest BCUT2D eigenvalue weighted by atomic mass is 9.96. The molecule has 1 aliphatic carbocycles. The molecule has 0 unspecified atom stereocenters. The standard InChI is InChI=1S/C15H28N6O/c1-15(2,3)13-17-12(18-19-13)10-16-14(22)21(5)9-8-20(4)11-6-7-11/h11H,6-10H2,1-5H3,(H,16,22)(H,17,18,19). The van der Waals surface area contributed by atoms with Crippen LogP contribution < -0.4 is 5.32 Å². The molecular weight excluding hydrogens is 280 g/mol. The van der Waals surface area contributed by atoms with Crippen molar-refractivity contribution in [3.8, 4) is 0 Å². The molecule has 0 saturated heterocycles. The van der Waals surface area contributed by atoms with E-state index in [1.54, 1.807) is 4.90 Å². The van der Waals surface area contributed by atoms with E-state index in [0.717, 1.165) is 25.0 Å². The van der Waals surface area contributed by atoms with Crippen LogP contribution in [-0.2, 0) is 12.0 Å². The van der Waals surface area contributed by atoms with Crippen molar-refractivity contribution in [2.24, 2.45) is 0 Å². The Balaban J connectivity index is 1.73. The first-order chi connectivity index (χ1) is 10.3. The van der Waals surface area contributed by atoms with Gasteiger partial charge in [0.15, 0.2) is 5.82 Å². The number of H-pyrrole nitrogens is 1. The number of aromatic amines is 1. The van der Waals surface area contributed by atoms with Crippen molar-refractivity contribution in [2.75, 3.05) is 27.2 Å². The van der Waals surface area contributed by atoms with Crippen LogP contribution in [-0.4, -0.2) is 64.2 Å². The minimum Gasteiger partial charge on any atom is -0.331 e. The van der Waals surface area contributed by atoms with Gasteiger partial charge in [0.05, 0.1) is 6.54 Å². The van der Waals surface area contributed by atoms with Gasteiger partial charge in [0.25, 0.3) is 0 Å². The zero-order valence-electron chi connectivity index (χ0n) is 14.3. The summed E-state index contributed by atoms with van der Waals surface area (Å²) in [6, 6.07) is 0.638. The molecule has 2 N–H and O–H groups in total. The van der Waals surface area contributed by atoms with Crippen LogP contribution in [0, 0.1) is 0 Å². The Morgan fingerprint density at radius 2 is 2.00 bits per heavy atom. The molecular formula is C15H28N6O. The van der Waals surface area contributed by atoms with Gasteiger partial charge in [-0.2, -0.15) is 5.10 Å². The van der Waals surface area contributed by atoms with E-state index in [2.05, 4.69) is 53.2 Å². The second-order valence-electron chi connectivity index (χ2n) is 7.15. The van der Waals surface area contributed by atoms with Gasteiger partial charge in [0.1, 0.15) is 5.82 Å². The Labute approximate surface area is 132 Å². The molecule has 124 valence electrons. The highest BCUT2D eigenvalue weighted by Gasteiger charge is 2.26. The summed E-state index contributed by atoms with van der Waals surface area (Å²) in [5.74, 6) is 1.44. The van der Waals surface area contributed by atoms with Crippen molar-refractivity contribution in [3.63, 3.8) is 0 Å². The van der Waals surface area contributed by atoms with E-state index >= 15 is 0 Å². The topological polar surface area (TPSA) is 77.2 Å². The summed E-state index contributed by atoms with van der Waals surface area (Å²) in [5.41, 5.74) is -0.0943. The number of hydrogen-bond acceptors (Lipinski definition) is 4. The maximum Gasteiger partial charge on any atom is 0.317 e. The van der Waals surface area contributed by atoms with Crippen LogP contribution in [0.25, 0.3) is 0 Å². The van der Waals surface area contributed by atoms with E-state index in [9.17, 15) is 4.79 Å². The quantitative estimate of drug-likeness (QED) is 0.831. The Bertz CT molecular complexity index is 502. The summed E-state index contributed by atoms with van der Waals surface area (Å²) < 4.78 is 0. The maximum absolute atomic E-state index is 12.1. The monoisotopic (exact) mass is 308 g/mol. The number of hydrogen-bond donors (Lipinski definition) is 2. The third-order valence-electron chi connectivity index (χ3n) is 3.91. The van der Waals surface area contributed by atoms with Crippen molar-refractivity contribution >= 4 is 6.03 Å². The third-order valence-corrected chi connectivity index (χ3v) is 3.91. The maximum atomic E-state index is 12.1. The Hall–Kier alpha value is -1.63. The van der Waals surface area contributed by atoms with Gasteiger partial charge in [-0.1, -0.05) is 20.8 Å². The minimum atomic E-state index is -0.0943. The molecule has 0 spiro atoms. The molecule has 1 fully saturated rings. The number of amides is 2. The summed E-state index contributed by atoms with van der Waals surface area (Å²) in [7, 11) is 3.93. The third kappa shape index (κ3) is 4.69. The van der Waals surface area contributed by atoms with Gasteiger partial charge in [0, 0.05) is 31.6 Å². The van der Waals surface area contributed by atoms with E-state index in [0.29, 0.717) is 12.4 Å². The van der Waals surface area contributed by atoms with Gasteiger partial charge >= 0.3 is 6.03 Å². The second-order valence-corrected chi connectivity index (χ2v) is 7.15. The van der Waals surface area contributed by atoms with E-state index < -0.39 is 0 Å². The number of aromatic nitrogens is 3. The zero-order chi connectivity index (χ0) is 16.3. The number of likely N-dealkylation sites (N-methyl/N-ethyl adjacent to an activating group) is 2. The smallest absolute Gasteiger partial charge is 0.317 e. The van der Waals surface area contributed by atoms with Crippen LogP contribution in [0.5, 0.6) is 0 Å². The van der Waals surface area contributed by atoms with E-state index in [-0.39, 0.29) is 11.4 Å². The van der Waals surface area contributed by atoms with Crippen LogP contribution >= 0.6 is 0 Å². The molecule has 1 aromatic heterocycles. The molecule has 0 radical (unpaired) electrons. The van der Waals surface area contributed by atoms with Crippen molar-refractivity contribution in [1.82, 2.24) is 30.3 Å². The number of nitrogens with zero attached hydrogens (tertiary/aromatic N) is 4. The zero-order valence-corrected chi connectivity index (χ0v) is 14.3. The van der Waals surface area contributed by atoms with Gasteiger partial charge < -0.3 is 15.1 Å². The second kappa shape index (κ2) is 6.64. The minimum absolute atomic E-state index is 0.0853. The Morgan fingerprint density at radius 1 is 1.32 bits per heavy atom. The lowest BCUT2D eigenvalue weighted by Crippen LogP contribution is -2.41. The van der Waals surface area contributed by atoms with Gasteiger partial charge in [0.2, 0.25) is 0 Å². The number of carbonyl (C=O) groups is 1. The molecule has 0 atom stereocenters. The Kier molecular flexibility index (Phi) is 5.05. The molecule has 7 nitrogen and oxygen atoms in total. The first-order valence-corrected chi connectivity index (χ1v) is 7.88. The summed E-state index contributed by atoms with van der Waals surface area (Å²) in [6.07, 6.45) is 2.57. The normalized spacial score (nSPS) is 15.2. The van der Waals surface area contributed by atoms with Crippen LogP contribution in [0.4, 0.5) is 4.79 Å². The number of urea groups is 1. The summed E-state index contributed by atoms with van der Waals surface area (Å²) >= 11 is 0. The van der Waals surface area contributed by atoms with Crippen molar-refractivity contribution in [3.05, 3.63) is 11.6 Å². The summed E-state index contributed by atoms with van der Waals surface area (Å²) in [4.78, 5) is 20.5. The first kappa shape index (κ1) is 16.7. The molecule has 0 aliphatic heterocycles. The highest BCUT2D eigenvalue weighted by atomic mass is 16.2. The van der Waals surface area contributed by atoms with E-state index in [4.69, 9.17) is 0 Å². The van der Waals surface area contributed by atoms with Gasteiger partial charge in [-0.3, -0.25) is 5.10 Å². The van der Waals surface area contributed by atoms with Crippen LogP contribution in [0.3, 0.4) is 0 Å². The van der Waals surface area contributed by atoms with Crippen LogP contribution in [0.1, 0.15) is 45.3 Å². The molecule has 0 bridgehead atoms. The van der Waals surface area contributed by atoms with E-state index in [1.807, 2.05) is 7.05 Å². The summed E-state index contributed by atoms with van der Waals surface area (Å²) in [5, 5.41) is 9.93. The molecule has 1 heterocycles. The summed E-state index contributed by atoms with van der Waals surface area (Å²) in [6.45, 7) is 8.17. The molecule has 0 aromatic carbocycles. The fourth-order valence-electron chi connectivity index (χ4n) is 2.11. The van der Waals surface area contributed by atoms with Gasteiger partial charge in [-0.15, -0.1) is 0 Å². The number of rotatable bonds is 6. The molecule has 2 amide bonds. The molecule has 7 heteroatoms. The molecule has 2 rings (SSSR count). The van der Waals surface area contributed by atoms with Crippen LogP contribution in [0.2, 0.25) is 0 Å². The lowest BCUT2D eigenvalue weighted by Gasteiger charge is -2.22. The van der Waals surface area contributed by atoms with Crippen molar-refractivity contribution in [1.29, 1.82) is 0 Å².